The molecule has 118 valence electrons. The number of aromatic nitrogens is 2. The number of fused-ring (bicyclic) bond motifs is 1. The molecule has 5 nitrogen and oxygen atoms in total. The molecule has 1 aliphatic rings. The summed E-state index contributed by atoms with van der Waals surface area (Å²) >= 11 is 0. The number of benzene rings is 2. The van der Waals surface area contributed by atoms with Gasteiger partial charge >= 0.3 is 0 Å². The van der Waals surface area contributed by atoms with Gasteiger partial charge in [-0.05, 0) is 30.3 Å². The predicted octanol–water partition coefficient (Wildman–Crippen LogP) is 2.91. The summed E-state index contributed by atoms with van der Waals surface area (Å²) in [5, 5.41) is 9.36. The van der Waals surface area contributed by atoms with Crippen molar-refractivity contribution in [2.45, 2.75) is 0 Å². The number of hydrogen-bond acceptors (Lipinski definition) is 4. The van der Waals surface area contributed by atoms with Crippen LogP contribution in [0.5, 0.6) is 5.75 Å². The summed E-state index contributed by atoms with van der Waals surface area (Å²) in [6.07, 6.45) is 0. The van der Waals surface area contributed by atoms with Crippen LogP contribution in [0.25, 0.3) is 22.4 Å². The third-order valence-corrected chi connectivity index (χ3v) is 4.04. The number of phenols is 1. The molecule has 2 aromatic carbocycles. The molecule has 0 unspecified atom stereocenters. The molecule has 23 heavy (non-hydrogen) atoms. The summed E-state index contributed by atoms with van der Waals surface area (Å²) in [6, 6.07) is 10.00. The van der Waals surface area contributed by atoms with Crippen LogP contribution in [0.15, 0.2) is 36.4 Å². The van der Waals surface area contributed by atoms with E-state index < -0.39 is 0 Å². The average Bonchev–Trinajstić information content (AvgIpc) is 2.98. The molecule has 3 aromatic rings. The lowest BCUT2D eigenvalue weighted by Crippen LogP contribution is -2.36. The van der Waals surface area contributed by atoms with Gasteiger partial charge in [-0.25, -0.2) is 9.37 Å². The molecular weight excluding hydrogens is 297 g/mol. The Morgan fingerprint density at radius 3 is 2.61 bits per heavy atom. The van der Waals surface area contributed by atoms with Crippen LogP contribution in [0.1, 0.15) is 0 Å². The molecule has 6 heteroatoms. The summed E-state index contributed by atoms with van der Waals surface area (Å²) in [5.41, 5.74) is 2.77. The average molecular weight is 313 g/mol. The van der Waals surface area contributed by atoms with Crippen LogP contribution < -0.4 is 4.90 Å². The molecule has 1 aromatic heterocycles. The molecule has 0 aliphatic carbocycles. The van der Waals surface area contributed by atoms with E-state index in [-0.39, 0.29) is 11.6 Å². The Labute approximate surface area is 132 Å². The molecule has 4 rings (SSSR count). The number of anilines is 1. The van der Waals surface area contributed by atoms with Gasteiger partial charge in [0.05, 0.1) is 29.9 Å². The number of halogens is 1. The fourth-order valence-corrected chi connectivity index (χ4v) is 2.82. The van der Waals surface area contributed by atoms with Crippen molar-refractivity contribution in [3.05, 3.63) is 42.2 Å². The van der Waals surface area contributed by atoms with Crippen LogP contribution in [-0.4, -0.2) is 41.4 Å². The van der Waals surface area contributed by atoms with Crippen molar-refractivity contribution in [2.75, 3.05) is 31.2 Å². The highest BCUT2D eigenvalue weighted by molar-refractivity contribution is 5.83. The molecule has 0 atom stereocenters. The maximum Gasteiger partial charge on any atom is 0.148 e. The summed E-state index contributed by atoms with van der Waals surface area (Å²) in [6.45, 7) is 2.57. The van der Waals surface area contributed by atoms with E-state index in [1.807, 2.05) is 4.90 Å². The minimum atomic E-state index is -0.264. The van der Waals surface area contributed by atoms with Gasteiger partial charge < -0.3 is 19.7 Å². The Kier molecular flexibility index (Phi) is 3.38. The number of morpholine rings is 1. The highest BCUT2D eigenvalue weighted by Gasteiger charge is 2.17. The van der Waals surface area contributed by atoms with Crippen molar-refractivity contribution in [2.24, 2.45) is 0 Å². The summed E-state index contributed by atoms with van der Waals surface area (Å²) in [4.78, 5) is 9.65. The first-order chi connectivity index (χ1) is 11.2. The third kappa shape index (κ3) is 2.61. The minimum Gasteiger partial charge on any atom is -0.508 e. The largest absolute Gasteiger partial charge is 0.508 e. The Hall–Kier alpha value is -2.60. The van der Waals surface area contributed by atoms with Crippen LogP contribution in [0.3, 0.4) is 0 Å². The smallest absolute Gasteiger partial charge is 0.148 e. The lowest BCUT2D eigenvalue weighted by molar-refractivity contribution is 0.122. The number of rotatable bonds is 2. The van der Waals surface area contributed by atoms with E-state index in [0.717, 1.165) is 11.1 Å². The van der Waals surface area contributed by atoms with Gasteiger partial charge in [-0.2, -0.15) is 0 Å². The number of phenolic OH excluding ortho intramolecular Hbond substituents is 1. The van der Waals surface area contributed by atoms with Crippen molar-refractivity contribution in [3.8, 4) is 17.1 Å². The second-order valence-electron chi connectivity index (χ2n) is 5.55. The van der Waals surface area contributed by atoms with Gasteiger partial charge in [-0.1, -0.05) is 0 Å². The molecule has 2 N–H and O–H groups in total. The lowest BCUT2D eigenvalue weighted by atomic mass is 10.2. The van der Waals surface area contributed by atoms with E-state index in [2.05, 4.69) is 9.97 Å². The van der Waals surface area contributed by atoms with Crippen LogP contribution >= 0.6 is 0 Å². The second-order valence-corrected chi connectivity index (χ2v) is 5.55. The van der Waals surface area contributed by atoms with Crippen molar-refractivity contribution < 1.29 is 14.2 Å². The number of aromatic hydroxyl groups is 1. The maximum absolute atomic E-state index is 14.4. The van der Waals surface area contributed by atoms with Gasteiger partial charge in [-0.15, -0.1) is 0 Å². The Bertz CT molecular complexity index is 839. The van der Waals surface area contributed by atoms with Crippen molar-refractivity contribution in [1.29, 1.82) is 0 Å². The summed E-state index contributed by atoms with van der Waals surface area (Å²) in [5.74, 6) is 0.587. The van der Waals surface area contributed by atoms with Gasteiger partial charge in [0.25, 0.3) is 0 Å². The monoisotopic (exact) mass is 313 g/mol. The zero-order chi connectivity index (χ0) is 15.8. The Morgan fingerprint density at radius 1 is 1.13 bits per heavy atom. The van der Waals surface area contributed by atoms with Gasteiger partial charge in [0.15, 0.2) is 0 Å². The molecule has 0 spiro atoms. The first-order valence-electron chi connectivity index (χ1n) is 7.52. The Balaban J connectivity index is 1.75. The minimum absolute atomic E-state index is 0.200. The van der Waals surface area contributed by atoms with Crippen LogP contribution in [0.2, 0.25) is 0 Å². The summed E-state index contributed by atoms with van der Waals surface area (Å²) < 4.78 is 19.7. The van der Waals surface area contributed by atoms with Crippen LogP contribution in [0.4, 0.5) is 10.1 Å². The van der Waals surface area contributed by atoms with Crippen LogP contribution in [-0.2, 0) is 4.74 Å². The fourth-order valence-electron chi connectivity index (χ4n) is 2.82. The number of hydrogen-bond donors (Lipinski definition) is 2. The van der Waals surface area contributed by atoms with Gasteiger partial charge in [-0.3, -0.25) is 0 Å². The fraction of sp³-hybridized carbons (Fsp3) is 0.235. The third-order valence-electron chi connectivity index (χ3n) is 4.04. The number of imidazole rings is 1. The number of nitrogens with one attached hydrogen (secondary N) is 1. The molecule has 0 bridgehead atoms. The quantitative estimate of drug-likeness (QED) is 0.764. The first-order valence-corrected chi connectivity index (χ1v) is 7.52. The Morgan fingerprint density at radius 2 is 1.87 bits per heavy atom. The van der Waals surface area contributed by atoms with Gasteiger partial charge in [0, 0.05) is 24.7 Å². The van der Waals surface area contributed by atoms with Crippen molar-refractivity contribution in [3.63, 3.8) is 0 Å². The zero-order valence-electron chi connectivity index (χ0n) is 12.4. The number of H-pyrrole nitrogens is 1. The molecule has 0 amide bonds. The molecule has 1 fully saturated rings. The first kappa shape index (κ1) is 14.0. The standard InChI is InChI=1S/C17H16FN3O2/c18-13-9-14-15(10-16(13)21-5-7-23-8-6-21)20-17(19-14)11-1-3-12(22)4-2-11/h1-4,9-10,22H,5-8H2,(H,19,20). The molecule has 1 saturated heterocycles. The van der Waals surface area contributed by atoms with Crippen molar-refractivity contribution >= 4 is 16.7 Å². The molecular formula is C17H16FN3O2. The number of nitrogens with zero attached hydrogens (tertiary/aromatic N) is 2. The highest BCUT2D eigenvalue weighted by atomic mass is 19.1. The van der Waals surface area contributed by atoms with E-state index in [0.29, 0.717) is 43.3 Å². The molecule has 0 saturated carbocycles. The normalized spacial score (nSPS) is 15.3. The summed E-state index contributed by atoms with van der Waals surface area (Å²) in [7, 11) is 0. The molecule has 1 aliphatic heterocycles. The van der Waals surface area contributed by atoms with E-state index in [1.54, 1.807) is 30.3 Å². The lowest BCUT2D eigenvalue weighted by Gasteiger charge is -2.29. The van der Waals surface area contributed by atoms with Gasteiger partial charge in [0.1, 0.15) is 17.4 Å². The topological polar surface area (TPSA) is 61.4 Å². The molecule has 2 heterocycles. The van der Waals surface area contributed by atoms with E-state index in [4.69, 9.17) is 4.74 Å². The SMILES string of the molecule is Oc1ccc(-c2nc3cc(N4CCOCC4)c(F)cc3[nH]2)cc1. The van der Waals surface area contributed by atoms with E-state index in [1.165, 1.54) is 6.07 Å². The van der Waals surface area contributed by atoms with E-state index >= 15 is 0 Å². The second kappa shape index (κ2) is 5.55. The predicted molar refractivity (Wildman–Crippen MR) is 86.2 cm³/mol. The van der Waals surface area contributed by atoms with Crippen LogP contribution in [0, 0.1) is 5.82 Å². The maximum atomic E-state index is 14.4. The number of ether oxygens (including phenoxy) is 1. The number of aromatic amines is 1. The molecule has 0 radical (unpaired) electrons. The zero-order valence-corrected chi connectivity index (χ0v) is 12.4. The highest BCUT2D eigenvalue weighted by Crippen LogP contribution is 2.28. The van der Waals surface area contributed by atoms with Gasteiger partial charge in [0.2, 0.25) is 0 Å². The van der Waals surface area contributed by atoms with Crippen molar-refractivity contribution in [1.82, 2.24) is 9.97 Å². The van der Waals surface area contributed by atoms with E-state index in [9.17, 15) is 9.50 Å².